The zero-order valence-corrected chi connectivity index (χ0v) is 19.1. The van der Waals surface area contributed by atoms with Gasteiger partial charge in [-0.25, -0.2) is 9.52 Å². The van der Waals surface area contributed by atoms with Crippen LogP contribution in [0.1, 0.15) is 32.8 Å². The third-order valence-electron chi connectivity index (χ3n) is 4.63. The monoisotopic (exact) mass is 428 g/mol. The predicted octanol–water partition coefficient (Wildman–Crippen LogP) is 3.71. The average Bonchev–Trinajstić information content (AvgIpc) is 2.57. The van der Waals surface area contributed by atoms with Gasteiger partial charge in [-0.1, -0.05) is 57.2 Å². The van der Waals surface area contributed by atoms with E-state index in [0.29, 0.717) is 6.42 Å². The van der Waals surface area contributed by atoms with Gasteiger partial charge in [0, 0.05) is 6.54 Å². The average molecular weight is 429 g/mol. The molecule has 0 saturated heterocycles. The molecule has 158 valence electrons. The first-order valence-electron chi connectivity index (χ1n) is 9.13. The van der Waals surface area contributed by atoms with Crippen molar-refractivity contribution in [2.45, 2.75) is 58.0 Å². The van der Waals surface area contributed by atoms with Crippen LogP contribution in [0.4, 0.5) is 4.79 Å². The van der Waals surface area contributed by atoms with E-state index in [9.17, 15) is 13.2 Å². The largest absolute Gasteiger partial charge is 0.444 e. The fourth-order valence-corrected chi connectivity index (χ4v) is 4.18. The number of hydrogen-bond acceptors (Lipinski definition) is 5. The van der Waals surface area contributed by atoms with Gasteiger partial charge in [0.05, 0.1) is 6.10 Å². The van der Waals surface area contributed by atoms with E-state index in [1.165, 1.54) is 0 Å². The van der Waals surface area contributed by atoms with Crippen LogP contribution >= 0.6 is 0 Å². The van der Waals surface area contributed by atoms with Gasteiger partial charge in [-0.15, -0.1) is 6.58 Å². The lowest BCUT2D eigenvalue weighted by Crippen LogP contribution is -2.48. The molecule has 9 heteroatoms. The van der Waals surface area contributed by atoms with E-state index in [1.807, 2.05) is 10.8 Å². The third kappa shape index (κ3) is 8.55. The number of carbonyl (C=O) groups is 1. The molecule has 0 aromatic heterocycles. The van der Waals surface area contributed by atoms with Crippen molar-refractivity contribution in [2.75, 3.05) is 6.54 Å². The Morgan fingerprint density at radius 3 is 2.39 bits per heavy atom. The Hall–Kier alpha value is -1.68. The van der Waals surface area contributed by atoms with Crippen LogP contribution in [0.15, 0.2) is 43.0 Å². The molecular weight excluding hydrogens is 396 g/mol. The summed E-state index contributed by atoms with van der Waals surface area (Å²) in [7, 11) is -6.14. The molecule has 0 aliphatic heterocycles. The highest BCUT2D eigenvalue weighted by Crippen LogP contribution is 2.37. The number of rotatable bonds is 10. The topological polar surface area (TPSA) is 93.7 Å². The fourth-order valence-electron chi connectivity index (χ4n) is 2.05. The van der Waals surface area contributed by atoms with Crippen LogP contribution in [-0.2, 0) is 26.0 Å². The summed E-state index contributed by atoms with van der Waals surface area (Å²) >= 11 is 0. The van der Waals surface area contributed by atoms with Gasteiger partial charge >= 0.3 is 16.3 Å². The van der Waals surface area contributed by atoms with Crippen molar-refractivity contribution < 1.29 is 22.4 Å². The van der Waals surface area contributed by atoms with Crippen molar-refractivity contribution in [2.24, 2.45) is 0 Å². The Bertz CT molecular complexity index is 745. The quantitative estimate of drug-likeness (QED) is 0.438. The molecule has 0 unspecified atom stereocenters. The molecule has 0 heterocycles. The van der Waals surface area contributed by atoms with Gasteiger partial charge in [0.1, 0.15) is 6.61 Å². The summed E-state index contributed by atoms with van der Waals surface area (Å²) in [5.41, 5.74) is 0.761. The zero-order chi connectivity index (χ0) is 21.4. The minimum atomic E-state index is -4.06. The van der Waals surface area contributed by atoms with Crippen LogP contribution in [0.3, 0.4) is 0 Å². The molecule has 0 saturated carbocycles. The lowest BCUT2D eigenvalue weighted by Gasteiger charge is -2.39. The van der Waals surface area contributed by atoms with E-state index in [-0.39, 0.29) is 24.3 Å². The van der Waals surface area contributed by atoms with E-state index >= 15 is 0 Å². The van der Waals surface area contributed by atoms with Gasteiger partial charge in [0.2, 0.25) is 0 Å². The van der Waals surface area contributed by atoms with E-state index in [4.69, 9.17) is 9.16 Å². The van der Waals surface area contributed by atoms with Gasteiger partial charge in [-0.3, -0.25) is 0 Å². The predicted molar refractivity (Wildman–Crippen MR) is 114 cm³/mol. The van der Waals surface area contributed by atoms with E-state index in [0.717, 1.165) is 5.56 Å². The molecule has 1 aromatic rings. The molecule has 1 rings (SSSR count). The van der Waals surface area contributed by atoms with Crippen molar-refractivity contribution in [1.29, 1.82) is 0 Å². The first kappa shape index (κ1) is 24.4. The van der Waals surface area contributed by atoms with Gasteiger partial charge in [0.15, 0.2) is 8.32 Å². The molecule has 2 N–H and O–H groups in total. The standard InChI is InChI=1S/C19H32N2O5SSi/c1-7-11-17(26-28(5,6)19(2,3)4)14-20-27(23,24)21-18(22)25-15-16-12-9-8-10-13-16/h7-10,12-13,17,20H,1,11,14-15H2,2-6H3,(H,21,22)/t17-/m1/s1. The lowest BCUT2D eigenvalue weighted by molar-refractivity contribution is 0.145. The van der Waals surface area contributed by atoms with E-state index in [2.05, 4.69) is 45.2 Å². The maximum Gasteiger partial charge on any atom is 0.422 e. The number of ether oxygens (including phenoxy) is 1. The first-order valence-corrected chi connectivity index (χ1v) is 13.5. The second-order valence-corrected chi connectivity index (χ2v) is 14.3. The highest BCUT2D eigenvalue weighted by Gasteiger charge is 2.39. The Morgan fingerprint density at radius 1 is 1.25 bits per heavy atom. The lowest BCUT2D eigenvalue weighted by atomic mass is 10.2. The normalized spacial score (nSPS) is 13.6. The van der Waals surface area contributed by atoms with Crippen LogP contribution in [-0.4, -0.2) is 35.5 Å². The Labute approximate surface area is 169 Å². The second-order valence-electron chi connectivity index (χ2n) is 8.04. The van der Waals surface area contributed by atoms with Crippen LogP contribution in [0.5, 0.6) is 0 Å². The minimum absolute atomic E-state index is 0.00914. The Kier molecular flexibility index (Phi) is 8.87. The summed E-state index contributed by atoms with van der Waals surface area (Å²) < 4.78 is 39.6. The molecule has 0 radical (unpaired) electrons. The maximum absolute atomic E-state index is 12.1. The summed E-state index contributed by atoms with van der Waals surface area (Å²) in [5.74, 6) is 0. The van der Waals surface area contributed by atoms with Gasteiger partial charge in [-0.05, 0) is 30.1 Å². The van der Waals surface area contributed by atoms with Crippen molar-refractivity contribution in [3.8, 4) is 0 Å². The number of amides is 1. The van der Waals surface area contributed by atoms with Crippen LogP contribution in [0.2, 0.25) is 18.1 Å². The van der Waals surface area contributed by atoms with Crippen molar-refractivity contribution in [3.05, 3.63) is 48.6 Å². The summed E-state index contributed by atoms with van der Waals surface area (Å²) in [6.45, 7) is 14.2. The number of hydrogen-bond donors (Lipinski definition) is 2. The first-order chi connectivity index (χ1) is 12.9. The minimum Gasteiger partial charge on any atom is -0.444 e. The molecule has 0 spiro atoms. The molecule has 0 fully saturated rings. The fraction of sp³-hybridized carbons (Fsp3) is 0.526. The molecule has 28 heavy (non-hydrogen) atoms. The van der Waals surface area contributed by atoms with Crippen LogP contribution in [0, 0.1) is 0 Å². The van der Waals surface area contributed by atoms with Gasteiger partial charge < -0.3 is 9.16 Å². The highest BCUT2D eigenvalue weighted by molar-refractivity contribution is 7.88. The molecule has 1 atom stereocenters. The van der Waals surface area contributed by atoms with Crippen molar-refractivity contribution in [3.63, 3.8) is 0 Å². The van der Waals surface area contributed by atoms with Crippen molar-refractivity contribution >= 4 is 24.6 Å². The highest BCUT2D eigenvalue weighted by atomic mass is 32.2. The van der Waals surface area contributed by atoms with E-state index in [1.54, 1.807) is 30.3 Å². The van der Waals surface area contributed by atoms with Crippen molar-refractivity contribution in [1.82, 2.24) is 9.44 Å². The Morgan fingerprint density at radius 2 is 1.86 bits per heavy atom. The molecular formula is C19H32N2O5SSi. The van der Waals surface area contributed by atoms with Crippen LogP contribution in [0.25, 0.3) is 0 Å². The molecule has 7 nitrogen and oxygen atoms in total. The van der Waals surface area contributed by atoms with Gasteiger partial charge in [-0.2, -0.15) is 13.1 Å². The van der Waals surface area contributed by atoms with Gasteiger partial charge in [0.25, 0.3) is 0 Å². The summed E-state index contributed by atoms with van der Waals surface area (Å²) in [6.07, 6.45) is 0.776. The summed E-state index contributed by atoms with van der Waals surface area (Å²) in [4.78, 5) is 11.8. The van der Waals surface area contributed by atoms with E-state index < -0.39 is 24.6 Å². The SMILES string of the molecule is C=CC[C@H](CNS(=O)(=O)NC(=O)OCc1ccccc1)O[Si](C)(C)C(C)(C)C. The molecule has 1 amide bonds. The smallest absolute Gasteiger partial charge is 0.422 e. The number of carbonyl (C=O) groups excluding carboxylic acids is 1. The Balaban J connectivity index is 2.58. The summed E-state index contributed by atoms with van der Waals surface area (Å²) in [6, 6.07) is 8.99. The molecule has 1 aromatic carbocycles. The second kappa shape index (κ2) is 10.2. The number of benzene rings is 1. The maximum atomic E-state index is 12.1. The molecule has 0 bridgehead atoms. The summed E-state index contributed by atoms with van der Waals surface area (Å²) in [5, 5.41) is -0.00914. The van der Waals surface area contributed by atoms with Crippen LogP contribution < -0.4 is 9.44 Å². The molecule has 0 aliphatic carbocycles. The number of nitrogens with one attached hydrogen (secondary N) is 2. The molecule has 0 aliphatic rings. The third-order valence-corrected chi connectivity index (χ3v) is 10.1. The zero-order valence-electron chi connectivity index (χ0n) is 17.3.